The van der Waals surface area contributed by atoms with E-state index in [2.05, 4.69) is 217 Å². The SMILES string of the molecule is CC(C)(C)c1cc(-c2cc(-c3ccccc3)cc(-c3c(F)cc(F)cc3F)c2N2[CH-]N(c3[c-]c(Oc4[c-]c5c(cc4)c4ccccc4n5-c4cc(C(C)(C)C)ccn4)cc(-c4cc(-c5ccccc5)cc(-c5ccccc5)c4)c3)c3ccccc32)cc(C(C)(C)C)c1.[Pt]. The second-order valence-corrected chi connectivity index (χ2v) is 27.0. The number of nitrogens with zero attached hydrogens (tertiary/aromatic N) is 4. The van der Waals surface area contributed by atoms with E-state index in [0.717, 1.165) is 118 Å². The standard InChI is InChI=1S/C84H68F3N4O.Pt/c1-82(2,3)62-35-36-88-79(47-62)91-75-30-20-19-29-69(75)70-34-33-67(51-78(70)91)92-68-43-59(58-38-56(53-23-13-10-14-24-53)37-57(39-58)54-25-15-11-16-26-54)42-66(50-68)89-52-90(77-32-22-21-31-76(77)89)81-71(61-40-63(83(4,5)6)46-64(41-61)84(7,8)9)44-60(55-27-17-12-18-28-55)45-72(81)80-73(86)48-65(85)49-74(80)87;/h10-49,52H,1-9H3;/q-3;. The summed E-state index contributed by atoms with van der Waals surface area (Å²) < 4.78 is 58.7. The molecule has 13 aromatic rings. The van der Waals surface area contributed by atoms with Crippen molar-refractivity contribution < 1.29 is 39.0 Å². The van der Waals surface area contributed by atoms with E-state index in [1.807, 2.05) is 109 Å². The van der Waals surface area contributed by atoms with E-state index in [1.165, 1.54) is 0 Å². The molecular weight excluding hydrogens is 1330 g/mol. The van der Waals surface area contributed by atoms with Gasteiger partial charge in [-0.3, -0.25) is 0 Å². The Morgan fingerprint density at radius 2 is 0.914 bits per heavy atom. The van der Waals surface area contributed by atoms with Gasteiger partial charge in [0.15, 0.2) is 0 Å². The van der Waals surface area contributed by atoms with Gasteiger partial charge in [0.1, 0.15) is 23.3 Å². The fraction of sp³-hybridized carbons (Fsp3) is 0.143. The van der Waals surface area contributed by atoms with Crippen LogP contribution in [0.3, 0.4) is 0 Å². The monoisotopic (exact) mass is 1400 g/mol. The summed E-state index contributed by atoms with van der Waals surface area (Å²) in [4.78, 5) is 9.03. The Kier molecular flexibility index (Phi) is 16.3. The van der Waals surface area contributed by atoms with E-state index < -0.39 is 17.5 Å². The Balaban J connectivity index is 0.00000787. The van der Waals surface area contributed by atoms with Crippen LogP contribution < -0.4 is 14.5 Å². The van der Waals surface area contributed by atoms with Crippen LogP contribution in [0.25, 0.3) is 94.4 Å². The first-order valence-electron chi connectivity index (χ1n) is 31.2. The first-order chi connectivity index (χ1) is 44.2. The molecule has 0 spiro atoms. The molecule has 0 amide bonds. The molecule has 0 unspecified atom stereocenters. The van der Waals surface area contributed by atoms with Crippen molar-refractivity contribution in [1.29, 1.82) is 0 Å². The molecule has 0 radical (unpaired) electrons. The quantitative estimate of drug-likeness (QED) is 0.121. The maximum Gasteiger partial charge on any atom is 0.136 e. The van der Waals surface area contributed by atoms with Gasteiger partial charge in [-0.25, -0.2) is 18.2 Å². The number of ether oxygens (including phenoxy) is 1. The Morgan fingerprint density at radius 1 is 0.409 bits per heavy atom. The van der Waals surface area contributed by atoms with Crippen LogP contribution >= 0.6 is 0 Å². The fourth-order valence-electron chi connectivity index (χ4n) is 12.6. The Morgan fingerprint density at radius 3 is 1.49 bits per heavy atom. The minimum absolute atomic E-state index is 0. The van der Waals surface area contributed by atoms with Crippen LogP contribution in [0.15, 0.2) is 243 Å². The van der Waals surface area contributed by atoms with Gasteiger partial charge in [0, 0.05) is 84.6 Å². The van der Waals surface area contributed by atoms with Crippen LogP contribution in [-0.4, -0.2) is 9.55 Å². The van der Waals surface area contributed by atoms with E-state index in [1.54, 1.807) is 0 Å². The Labute approximate surface area is 557 Å². The summed E-state index contributed by atoms with van der Waals surface area (Å²) in [5.74, 6) is -1.41. The van der Waals surface area contributed by atoms with Crippen molar-refractivity contribution in [3.63, 3.8) is 0 Å². The van der Waals surface area contributed by atoms with Gasteiger partial charge in [0.25, 0.3) is 0 Å². The number of rotatable bonds is 11. The summed E-state index contributed by atoms with van der Waals surface area (Å²) in [6.07, 6.45) is 1.87. The first-order valence-corrected chi connectivity index (χ1v) is 31.2. The van der Waals surface area contributed by atoms with E-state index in [9.17, 15) is 0 Å². The topological polar surface area (TPSA) is 33.5 Å². The van der Waals surface area contributed by atoms with Crippen molar-refractivity contribution in [2.45, 2.75) is 78.6 Å². The minimum atomic E-state index is -1.02. The number of para-hydroxylation sites is 3. The van der Waals surface area contributed by atoms with Crippen LogP contribution in [-0.2, 0) is 37.3 Å². The van der Waals surface area contributed by atoms with Gasteiger partial charge in [-0.1, -0.05) is 207 Å². The van der Waals surface area contributed by atoms with Crippen LogP contribution in [0.4, 0.5) is 35.9 Å². The third kappa shape index (κ3) is 12.1. The molecule has 0 saturated heterocycles. The zero-order chi connectivity index (χ0) is 63.8. The molecule has 9 heteroatoms. The third-order valence-electron chi connectivity index (χ3n) is 17.5. The summed E-state index contributed by atoms with van der Waals surface area (Å²) in [6, 6.07) is 85.6. The van der Waals surface area contributed by atoms with E-state index >= 15 is 13.2 Å². The number of hydrogen-bond acceptors (Lipinski definition) is 4. The number of halogens is 3. The number of pyridine rings is 1. The molecule has 0 fully saturated rings. The summed E-state index contributed by atoms with van der Waals surface area (Å²) in [7, 11) is 0. The number of anilines is 4. The largest absolute Gasteiger partial charge is 0.509 e. The molecule has 0 saturated carbocycles. The Hall–Kier alpha value is -9.75. The number of aromatic nitrogens is 2. The molecule has 5 nitrogen and oxygen atoms in total. The minimum Gasteiger partial charge on any atom is -0.509 e. The summed E-state index contributed by atoms with van der Waals surface area (Å²) >= 11 is 0. The molecule has 1 aliphatic heterocycles. The van der Waals surface area contributed by atoms with Crippen molar-refractivity contribution >= 4 is 44.6 Å². The molecule has 1 aliphatic rings. The average molecular weight is 1400 g/mol. The second kappa shape index (κ2) is 24.4. The average Bonchev–Trinajstić information content (AvgIpc) is 1.69. The molecule has 0 aliphatic carbocycles. The third-order valence-corrected chi connectivity index (χ3v) is 17.5. The first kappa shape index (κ1) is 62.1. The second-order valence-electron chi connectivity index (χ2n) is 27.0. The predicted octanol–water partition coefficient (Wildman–Crippen LogP) is 23.3. The predicted molar refractivity (Wildman–Crippen MR) is 373 cm³/mol. The molecule has 464 valence electrons. The zero-order valence-electron chi connectivity index (χ0n) is 53.3. The van der Waals surface area contributed by atoms with Crippen molar-refractivity contribution in [1.82, 2.24) is 9.55 Å². The van der Waals surface area contributed by atoms with Crippen molar-refractivity contribution in [2.24, 2.45) is 0 Å². The molecule has 3 heterocycles. The summed E-state index contributed by atoms with van der Waals surface area (Å²) in [5.41, 5.74) is 16.0. The van der Waals surface area contributed by atoms with E-state index in [4.69, 9.17) is 9.72 Å². The van der Waals surface area contributed by atoms with Gasteiger partial charge in [0.2, 0.25) is 0 Å². The van der Waals surface area contributed by atoms with Gasteiger partial charge in [-0.2, -0.15) is 6.07 Å². The van der Waals surface area contributed by atoms with Crippen molar-refractivity contribution in [2.75, 3.05) is 9.80 Å². The van der Waals surface area contributed by atoms with Gasteiger partial charge in [-0.05, 0) is 143 Å². The number of hydrogen-bond donors (Lipinski definition) is 0. The molecule has 0 N–H and O–H groups in total. The van der Waals surface area contributed by atoms with Crippen LogP contribution in [0.2, 0.25) is 0 Å². The molecule has 2 aromatic heterocycles. The van der Waals surface area contributed by atoms with E-state index in [0.29, 0.717) is 28.4 Å². The van der Waals surface area contributed by atoms with Crippen molar-refractivity contribution in [3.05, 3.63) is 296 Å². The van der Waals surface area contributed by atoms with Gasteiger partial charge in [0.05, 0.1) is 5.56 Å². The van der Waals surface area contributed by atoms with Gasteiger partial charge >= 0.3 is 0 Å². The van der Waals surface area contributed by atoms with E-state index in [-0.39, 0.29) is 48.4 Å². The molecular formula is C84H68F3N4OPt-3. The van der Waals surface area contributed by atoms with Crippen LogP contribution in [0.5, 0.6) is 11.5 Å². The number of benzene rings is 11. The molecule has 0 bridgehead atoms. The van der Waals surface area contributed by atoms with Gasteiger partial charge < -0.3 is 19.1 Å². The van der Waals surface area contributed by atoms with Crippen molar-refractivity contribution in [3.8, 4) is 84.1 Å². The molecule has 11 aromatic carbocycles. The maximum atomic E-state index is 17.1. The normalized spacial score (nSPS) is 12.6. The maximum absolute atomic E-state index is 17.1. The molecule has 0 atom stereocenters. The smallest absolute Gasteiger partial charge is 0.136 e. The van der Waals surface area contributed by atoms with Gasteiger partial charge in [-0.15, -0.1) is 53.6 Å². The molecule has 93 heavy (non-hydrogen) atoms. The Bertz CT molecular complexity index is 4870. The zero-order valence-corrected chi connectivity index (χ0v) is 55.6. The van der Waals surface area contributed by atoms with Crippen LogP contribution in [0.1, 0.15) is 79.0 Å². The number of fused-ring (bicyclic) bond motifs is 4. The summed E-state index contributed by atoms with van der Waals surface area (Å²) in [6.45, 7) is 21.7. The van der Waals surface area contributed by atoms with Crippen LogP contribution in [0, 0.1) is 36.3 Å². The molecule has 14 rings (SSSR count). The summed E-state index contributed by atoms with van der Waals surface area (Å²) in [5, 5.41) is 2.06. The fourth-order valence-corrected chi connectivity index (χ4v) is 12.6.